The zero-order valence-electron chi connectivity index (χ0n) is 11.4. The fourth-order valence-electron chi connectivity index (χ4n) is 1.98. The molecule has 0 saturated heterocycles. The third kappa shape index (κ3) is 2.98. The summed E-state index contributed by atoms with van der Waals surface area (Å²) >= 11 is 6.25. The van der Waals surface area contributed by atoms with Gasteiger partial charge in [0, 0.05) is 11.8 Å². The van der Waals surface area contributed by atoms with Gasteiger partial charge in [0.15, 0.2) is 0 Å². The van der Waals surface area contributed by atoms with Gasteiger partial charge in [-0.3, -0.25) is 4.99 Å². The highest BCUT2D eigenvalue weighted by atomic mass is 35.5. The van der Waals surface area contributed by atoms with E-state index < -0.39 is 0 Å². The Labute approximate surface area is 118 Å². The molecule has 4 heteroatoms. The van der Waals surface area contributed by atoms with Crippen molar-refractivity contribution in [2.24, 2.45) is 10.4 Å². The lowest BCUT2D eigenvalue weighted by atomic mass is 9.81. The van der Waals surface area contributed by atoms with Crippen LogP contribution in [0.1, 0.15) is 32.8 Å². The summed E-state index contributed by atoms with van der Waals surface area (Å²) in [6.45, 7) is 6.38. The van der Waals surface area contributed by atoms with Gasteiger partial charge < -0.3 is 5.32 Å². The molecule has 0 aromatic heterocycles. The van der Waals surface area contributed by atoms with E-state index in [2.05, 4.69) is 31.1 Å². The second-order valence-corrected chi connectivity index (χ2v) is 5.84. The van der Waals surface area contributed by atoms with Gasteiger partial charge in [0.05, 0.1) is 11.1 Å². The van der Waals surface area contributed by atoms with Crippen molar-refractivity contribution in [3.8, 4) is 0 Å². The first-order valence-electron chi connectivity index (χ1n) is 6.40. The van der Waals surface area contributed by atoms with Crippen LogP contribution >= 0.6 is 11.6 Å². The highest BCUT2D eigenvalue weighted by molar-refractivity contribution is 6.30. The molecule has 1 aromatic carbocycles. The Morgan fingerprint density at radius 3 is 2.79 bits per heavy atom. The maximum Gasteiger partial charge on any atom is 0.133 e. The molecule has 1 N–H and O–H groups in total. The van der Waals surface area contributed by atoms with Crippen molar-refractivity contribution >= 4 is 17.4 Å². The molecule has 0 aliphatic carbocycles. The third-order valence-electron chi connectivity index (χ3n) is 3.62. The van der Waals surface area contributed by atoms with Gasteiger partial charge in [-0.25, -0.2) is 4.39 Å². The summed E-state index contributed by atoms with van der Waals surface area (Å²) in [6, 6.07) is 6.30. The molecule has 0 bridgehead atoms. The molecule has 102 valence electrons. The van der Waals surface area contributed by atoms with Crippen LogP contribution in [0.15, 0.2) is 40.5 Å². The van der Waals surface area contributed by atoms with Crippen molar-refractivity contribution in [1.29, 1.82) is 0 Å². The number of benzene rings is 1. The average molecular weight is 281 g/mol. The van der Waals surface area contributed by atoms with E-state index in [1.807, 2.05) is 6.07 Å². The van der Waals surface area contributed by atoms with E-state index in [1.165, 1.54) is 12.1 Å². The van der Waals surface area contributed by atoms with Gasteiger partial charge in [-0.1, -0.05) is 44.5 Å². The molecule has 2 rings (SSSR count). The number of hydrogen-bond acceptors (Lipinski definition) is 2. The maximum atomic E-state index is 13.3. The van der Waals surface area contributed by atoms with Crippen LogP contribution in [-0.2, 0) is 0 Å². The van der Waals surface area contributed by atoms with Crippen molar-refractivity contribution < 1.29 is 4.39 Å². The van der Waals surface area contributed by atoms with Crippen LogP contribution in [0.2, 0.25) is 0 Å². The average Bonchev–Trinajstić information content (AvgIpc) is 2.39. The molecular weight excluding hydrogens is 263 g/mol. The van der Waals surface area contributed by atoms with E-state index in [0.29, 0.717) is 10.9 Å². The summed E-state index contributed by atoms with van der Waals surface area (Å²) in [5, 5.41) is 3.71. The second-order valence-electron chi connectivity index (χ2n) is 5.41. The fourth-order valence-corrected chi connectivity index (χ4v) is 2.38. The molecule has 2 nitrogen and oxygen atoms in total. The van der Waals surface area contributed by atoms with Crippen LogP contribution in [0.3, 0.4) is 0 Å². The van der Waals surface area contributed by atoms with Gasteiger partial charge in [-0.05, 0) is 24.0 Å². The molecule has 0 amide bonds. The van der Waals surface area contributed by atoms with E-state index in [-0.39, 0.29) is 17.3 Å². The molecular formula is C15H18ClFN2. The van der Waals surface area contributed by atoms with Crippen LogP contribution in [0.25, 0.3) is 0 Å². The summed E-state index contributed by atoms with van der Waals surface area (Å²) in [4.78, 5) is 4.66. The molecule has 1 unspecified atom stereocenters. The van der Waals surface area contributed by atoms with Gasteiger partial charge in [0.25, 0.3) is 0 Å². The Morgan fingerprint density at radius 1 is 1.42 bits per heavy atom. The van der Waals surface area contributed by atoms with Crippen molar-refractivity contribution in [2.75, 3.05) is 0 Å². The smallest absolute Gasteiger partial charge is 0.133 e. The Morgan fingerprint density at radius 2 is 2.16 bits per heavy atom. The molecule has 1 atom stereocenters. The first-order valence-corrected chi connectivity index (χ1v) is 6.77. The zero-order valence-corrected chi connectivity index (χ0v) is 12.1. The van der Waals surface area contributed by atoms with Crippen LogP contribution in [0.5, 0.6) is 0 Å². The van der Waals surface area contributed by atoms with Crippen molar-refractivity contribution in [3.05, 3.63) is 46.9 Å². The minimum absolute atomic E-state index is 0.0335. The maximum absolute atomic E-state index is 13.3. The van der Waals surface area contributed by atoms with Crippen molar-refractivity contribution in [2.45, 2.75) is 33.2 Å². The highest BCUT2D eigenvalue weighted by Crippen LogP contribution is 2.35. The van der Waals surface area contributed by atoms with Crippen LogP contribution < -0.4 is 5.32 Å². The summed E-state index contributed by atoms with van der Waals surface area (Å²) in [7, 11) is 0. The highest BCUT2D eigenvalue weighted by Gasteiger charge is 2.32. The number of rotatable bonds is 3. The van der Waals surface area contributed by atoms with Gasteiger partial charge in [0.2, 0.25) is 0 Å². The number of halogens is 2. The lowest BCUT2D eigenvalue weighted by molar-refractivity contribution is 0.308. The predicted molar refractivity (Wildman–Crippen MR) is 77.9 cm³/mol. The van der Waals surface area contributed by atoms with Crippen LogP contribution in [0, 0.1) is 11.2 Å². The Hall–Kier alpha value is -1.35. The first-order chi connectivity index (χ1) is 8.94. The Bertz CT molecular complexity index is 535. The third-order valence-corrected chi connectivity index (χ3v) is 3.93. The standard InChI is InChI=1S/C15H18ClFN2/c1-4-15(2,3)13-12(16)9-18-14(19-13)10-6-5-7-11(17)8-10/h5-9,13H,4H2,1-3H3,(H,18,19). The minimum Gasteiger partial charge on any atom is -0.345 e. The number of nitrogens with one attached hydrogen (secondary N) is 1. The summed E-state index contributed by atoms with van der Waals surface area (Å²) in [5.74, 6) is 0.393. The van der Waals surface area contributed by atoms with Gasteiger partial charge >= 0.3 is 0 Å². The van der Waals surface area contributed by atoms with Gasteiger partial charge in [0.1, 0.15) is 11.7 Å². The SMILES string of the molecule is CCC(C)(C)C1N=C(c2cccc(F)c2)NC=C1Cl. The molecule has 0 saturated carbocycles. The number of hydrogen-bond donors (Lipinski definition) is 1. The zero-order chi connectivity index (χ0) is 14.0. The van der Waals surface area contributed by atoms with E-state index in [0.717, 1.165) is 12.0 Å². The molecule has 19 heavy (non-hydrogen) atoms. The Kier molecular flexibility index (Phi) is 3.95. The molecule has 1 aliphatic heterocycles. The monoisotopic (exact) mass is 280 g/mol. The lowest BCUT2D eigenvalue weighted by Gasteiger charge is -2.33. The summed E-state index contributed by atoms with van der Waals surface area (Å²) in [6.07, 6.45) is 2.71. The van der Waals surface area contributed by atoms with Crippen LogP contribution in [0.4, 0.5) is 4.39 Å². The Balaban J connectivity index is 2.36. The number of nitrogens with zero attached hydrogens (tertiary/aromatic N) is 1. The lowest BCUT2D eigenvalue weighted by Crippen LogP contribution is -2.35. The molecule has 1 aromatic rings. The normalized spacial score (nSPS) is 19.5. The number of aliphatic imine (C=N–C) groups is 1. The van der Waals surface area contributed by atoms with E-state index in [1.54, 1.807) is 12.3 Å². The predicted octanol–water partition coefficient (Wildman–Crippen LogP) is 4.06. The molecule has 0 radical (unpaired) electrons. The topological polar surface area (TPSA) is 24.4 Å². The first kappa shape index (κ1) is 14.1. The summed E-state index contributed by atoms with van der Waals surface area (Å²) < 4.78 is 13.3. The van der Waals surface area contributed by atoms with E-state index in [4.69, 9.17) is 11.6 Å². The van der Waals surface area contributed by atoms with Crippen molar-refractivity contribution in [3.63, 3.8) is 0 Å². The second kappa shape index (κ2) is 5.33. The minimum atomic E-state index is -0.269. The molecule has 1 aliphatic rings. The number of amidine groups is 1. The quantitative estimate of drug-likeness (QED) is 0.887. The summed E-state index contributed by atoms with van der Waals surface area (Å²) in [5.41, 5.74) is 0.700. The largest absolute Gasteiger partial charge is 0.345 e. The molecule has 0 fully saturated rings. The molecule has 1 heterocycles. The van der Waals surface area contributed by atoms with Gasteiger partial charge in [-0.15, -0.1) is 0 Å². The van der Waals surface area contributed by atoms with E-state index in [9.17, 15) is 4.39 Å². The van der Waals surface area contributed by atoms with Gasteiger partial charge in [-0.2, -0.15) is 0 Å². The van der Waals surface area contributed by atoms with Crippen molar-refractivity contribution in [1.82, 2.24) is 5.32 Å². The van der Waals surface area contributed by atoms with E-state index >= 15 is 0 Å². The van der Waals surface area contributed by atoms with Crippen LogP contribution in [-0.4, -0.2) is 11.9 Å². The molecule has 0 spiro atoms. The fraction of sp³-hybridized carbons (Fsp3) is 0.400.